The van der Waals surface area contributed by atoms with Crippen LogP contribution in [0.4, 0.5) is 5.82 Å². The van der Waals surface area contributed by atoms with Crippen LogP contribution in [0.1, 0.15) is 66.5 Å². The second-order valence-corrected chi connectivity index (χ2v) is 19.4. The van der Waals surface area contributed by atoms with E-state index in [1.165, 1.54) is 38.1 Å². The van der Waals surface area contributed by atoms with Gasteiger partial charge >= 0.3 is 5.97 Å². The summed E-state index contributed by atoms with van der Waals surface area (Å²) in [5.74, 6) is -6.69. The summed E-state index contributed by atoms with van der Waals surface area (Å²) in [7, 11) is -3.42. The lowest BCUT2D eigenvalue weighted by molar-refractivity contribution is -0.143. The van der Waals surface area contributed by atoms with Crippen LogP contribution in [0.25, 0.3) is 22.5 Å². The summed E-state index contributed by atoms with van der Waals surface area (Å²) in [5.41, 5.74) is 19.0. The highest BCUT2D eigenvalue weighted by atomic mass is 32.2. The number of carboxylic acid groups (broad SMARTS) is 1. The van der Waals surface area contributed by atoms with Gasteiger partial charge in [0.25, 0.3) is 16.1 Å². The molecule has 0 saturated heterocycles. The van der Waals surface area contributed by atoms with Crippen molar-refractivity contribution in [2.45, 2.75) is 82.8 Å². The number of phenols is 1. The van der Waals surface area contributed by atoms with Gasteiger partial charge in [-0.1, -0.05) is 51.1 Å². The maximum Gasteiger partial charge on any atom is 0.326 e. The first-order valence-corrected chi connectivity index (χ1v) is 23.7. The van der Waals surface area contributed by atoms with Crippen LogP contribution < -0.4 is 52.5 Å². The number of rotatable bonds is 17. The van der Waals surface area contributed by atoms with Crippen LogP contribution in [0.15, 0.2) is 54.6 Å². The van der Waals surface area contributed by atoms with Gasteiger partial charge in [-0.15, -0.1) is 0 Å². The predicted molar refractivity (Wildman–Crippen MR) is 259 cm³/mol. The second-order valence-electron chi connectivity index (χ2n) is 18.0. The molecule has 0 spiro atoms. The van der Waals surface area contributed by atoms with Crippen LogP contribution in [-0.2, 0) is 41.2 Å². The van der Waals surface area contributed by atoms with Crippen LogP contribution in [0.3, 0.4) is 0 Å². The van der Waals surface area contributed by atoms with Crippen LogP contribution in [0.5, 0.6) is 17.2 Å². The quantitative estimate of drug-likeness (QED) is 0.0592. The molecule has 4 bridgehead atoms. The number of nitrogen functional groups attached to an aromatic ring is 1. The molecule has 4 aromatic rings. The Labute approximate surface area is 409 Å². The van der Waals surface area contributed by atoms with E-state index in [9.17, 15) is 52.8 Å². The highest BCUT2D eigenvalue weighted by Gasteiger charge is 2.38. The third-order valence-electron chi connectivity index (χ3n) is 11.4. The Bertz CT molecular complexity index is 2730. The molecule has 5 rings (SSSR count). The molecule has 25 heteroatoms. The Morgan fingerprint density at radius 2 is 1.54 bits per heavy atom. The maximum atomic E-state index is 14.9. The SMILES string of the molecule is Cc1nc(-c2ccc(C(C)(C)C)cc2)nc(N)c1C(=O)N[C@@H](CNS(N)(=O)=O)C(=O)N(C)C1C(=O)NC(C)C(=O)NC(C(=O)O)Cc2ccc(OC[C@H](O)CN)c(c2)-c2cc1cc(OC[C@H](O)CN)c2O. The normalized spacial score (nSPS) is 17.6. The molecule has 24 nitrogen and oxygen atoms in total. The third kappa shape index (κ3) is 13.9. The monoisotopic (exact) mass is 1010 g/mol. The average Bonchev–Trinajstić information content (AvgIpc) is 3.30. The lowest BCUT2D eigenvalue weighted by Crippen LogP contribution is -2.57. The zero-order valence-electron chi connectivity index (χ0n) is 39.9. The number of ether oxygens (including phenoxy) is 2. The van der Waals surface area contributed by atoms with Crippen molar-refractivity contribution in [1.29, 1.82) is 0 Å². The van der Waals surface area contributed by atoms with Crippen molar-refractivity contribution in [2.75, 3.05) is 45.6 Å². The number of nitrogens with one attached hydrogen (secondary N) is 4. The lowest BCUT2D eigenvalue weighted by Gasteiger charge is -2.33. The zero-order valence-corrected chi connectivity index (χ0v) is 40.7. The van der Waals surface area contributed by atoms with E-state index in [4.69, 9.17) is 31.8 Å². The maximum absolute atomic E-state index is 14.9. The number of fused-ring (bicyclic) bond motifs is 5. The number of aliphatic hydroxyl groups excluding tert-OH is 2. The highest BCUT2D eigenvalue weighted by molar-refractivity contribution is 7.87. The number of nitrogens with two attached hydrogens (primary N) is 4. The Kier molecular flexibility index (Phi) is 17.7. The fourth-order valence-electron chi connectivity index (χ4n) is 7.42. The minimum absolute atomic E-state index is 0.00516. The minimum atomic E-state index is -4.54. The van der Waals surface area contributed by atoms with Crippen molar-refractivity contribution >= 4 is 45.6 Å². The first kappa shape index (κ1) is 54.9. The van der Waals surface area contributed by atoms with Gasteiger partial charge in [-0.3, -0.25) is 19.2 Å². The largest absolute Gasteiger partial charge is 0.504 e. The van der Waals surface area contributed by atoms with E-state index >= 15 is 0 Å². The van der Waals surface area contributed by atoms with Crippen molar-refractivity contribution in [2.24, 2.45) is 16.6 Å². The number of aliphatic carboxylic acids is 1. The molecule has 3 aromatic carbocycles. The number of aryl methyl sites for hydroxylation is 1. The van der Waals surface area contributed by atoms with Gasteiger partial charge in [0, 0.05) is 49.8 Å². The van der Waals surface area contributed by atoms with E-state index in [1.54, 1.807) is 12.1 Å². The van der Waals surface area contributed by atoms with Crippen molar-refractivity contribution in [1.82, 2.24) is 35.5 Å². The molecule has 0 radical (unpaired) electrons. The zero-order chi connectivity index (χ0) is 52.7. The number of aromatic nitrogens is 2. The topological polar surface area (TPSA) is 400 Å². The van der Waals surface area contributed by atoms with Crippen LogP contribution in [0.2, 0.25) is 0 Å². The Hall–Kier alpha value is -7.00. The molecule has 1 aliphatic rings. The van der Waals surface area contributed by atoms with Gasteiger partial charge in [0.1, 0.15) is 66.7 Å². The van der Waals surface area contributed by atoms with Gasteiger partial charge in [0.2, 0.25) is 17.7 Å². The highest BCUT2D eigenvalue weighted by Crippen LogP contribution is 2.45. The van der Waals surface area contributed by atoms with Crippen molar-refractivity contribution in [3.8, 4) is 39.8 Å². The average molecular weight is 1010 g/mol. The standard InChI is InChI=1S/C46H61N11O13S/c1-22-36(39(49)56-40(52-22)25-8-10-27(11-9-25)46(3,4)5)42(62)55-33(19-51-71(50,67)68)44(64)57(6)37-26-15-31(38(60)35(16-26)70-21-29(59)18-48)30-13-24(7-12-34(30)69-20-28(58)17-47)14-32(45(65)66)54-41(61)23(2)53-43(37)63/h7-13,15-16,23,28-29,32-33,37,51,58-60H,14,17-21,47-48H2,1-6H3,(H,53,63)(H,54,61)(H,55,62)(H,65,66)(H2,49,52,56)(H2,50,67,68)/t23?,28-,29-,32?,33+,37?/m1/s1. The number of benzene rings is 3. The molecule has 71 heavy (non-hydrogen) atoms. The molecule has 4 amide bonds. The van der Waals surface area contributed by atoms with Crippen molar-refractivity contribution in [3.63, 3.8) is 0 Å². The molecule has 6 atom stereocenters. The van der Waals surface area contributed by atoms with E-state index in [0.717, 1.165) is 23.6 Å². The summed E-state index contributed by atoms with van der Waals surface area (Å²) in [6.45, 7) is 6.69. The molecular weight excluding hydrogens is 947 g/mol. The van der Waals surface area contributed by atoms with Gasteiger partial charge < -0.3 is 68.0 Å². The van der Waals surface area contributed by atoms with Gasteiger partial charge in [-0.25, -0.2) is 19.9 Å². The van der Waals surface area contributed by atoms with Gasteiger partial charge in [-0.05, 0) is 60.2 Å². The molecule has 0 saturated carbocycles. The van der Waals surface area contributed by atoms with Crippen LogP contribution >= 0.6 is 0 Å². The molecule has 2 heterocycles. The summed E-state index contributed by atoms with van der Waals surface area (Å²) in [6.07, 6.45) is -2.72. The Balaban J connectivity index is 1.67. The van der Waals surface area contributed by atoms with Crippen molar-refractivity contribution < 1.29 is 62.3 Å². The summed E-state index contributed by atoms with van der Waals surface area (Å²) in [5, 5.41) is 55.3. The van der Waals surface area contributed by atoms with E-state index in [0.29, 0.717) is 11.1 Å². The molecule has 16 N–H and O–H groups in total. The van der Waals surface area contributed by atoms with E-state index in [-0.39, 0.29) is 82.6 Å². The van der Waals surface area contributed by atoms with E-state index in [2.05, 4.69) is 46.7 Å². The summed E-state index contributed by atoms with van der Waals surface area (Å²) in [6, 6.07) is 7.41. The number of aromatic hydroxyl groups is 1. The fraction of sp³-hybridized carbons (Fsp3) is 0.413. The number of likely N-dealkylation sites (N-methyl/N-ethyl adjacent to an activating group) is 1. The summed E-state index contributed by atoms with van der Waals surface area (Å²) >= 11 is 0. The van der Waals surface area contributed by atoms with E-state index in [1.807, 2.05) is 16.9 Å². The smallest absolute Gasteiger partial charge is 0.326 e. The number of carbonyl (C=O) groups is 5. The summed E-state index contributed by atoms with van der Waals surface area (Å²) in [4.78, 5) is 79.4. The molecule has 1 aromatic heterocycles. The molecule has 1 aliphatic heterocycles. The number of hydrogen-bond acceptors (Lipinski definition) is 17. The fourth-order valence-corrected chi connectivity index (χ4v) is 7.82. The van der Waals surface area contributed by atoms with Crippen LogP contribution in [0, 0.1) is 6.92 Å². The minimum Gasteiger partial charge on any atom is -0.504 e. The Morgan fingerprint density at radius 3 is 2.10 bits per heavy atom. The number of nitrogens with zero attached hydrogens (tertiary/aromatic N) is 3. The first-order chi connectivity index (χ1) is 33.2. The third-order valence-corrected chi connectivity index (χ3v) is 12.0. The molecule has 0 fully saturated rings. The Morgan fingerprint density at radius 1 is 0.915 bits per heavy atom. The predicted octanol–water partition coefficient (Wildman–Crippen LogP) is -1.18. The molecular formula is C46H61N11O13S. The number of aliphatic hydroxyl groups is 2. The number of anilines is 1. The molecule has 384 valence electrons. The number of phenolic OH excluding ortho intramolecular Hbond substituents is 1. The number of carboxylic acids is 1. The number of amides is 4. The second kappa shape index (κ2) is 22.8. The molecule has 3 unspecified atom stereocenters. The van der Waals surface area contributed by atoms with Gasteiger partial charge in [-0.2, -0.15) is 13.1 Å². The number of hydrogen-bond donors (Lipinski definition) is 12. The number of carbonyl (C=O) groups excluding carboxylic acids is 4. The lowest BCUT2D eigenvalue weighted by atomic mass is 9.86. The van der Waals surface area contributed by atoms with Crippen molar-refractivity contribution in [3.05, 3.63) is 82.5 Å². The van der Waals surface area contributed by atoms with E-state index < -0.39 is 95.1 Å². The summed E-state index contributed by atoms with van der Waals surface area (Å²) < 4.78 is 38.3. The first-order valence-electron chi connectivity index (χ1n) is 22.2. The van der Waals surface area contributed by atoms with Gasteiger partial charge in [0.05, 0.1) is 5.69 Å². The van der Waals surface area contributed by atoms with Gasteiger partial charge in [0.15, 0.2) is 17.3 Å². The van der Waals surface area contributed by atoms with Crippen LogP contribution in [-0.4, -0.2) is 144 Å². The molecule has 0 aliphatic carbocycles.